The molecule has 1 aliphatic heterocycles. The maximum atomic E-state index is 12.9. The average molecular weight is 421 g/mol. The van der Waals surface area contributed by atoms with Crippen molar-refractivity contribution in [3.63, 3.8) is 0 Å². The van der Waals surface area contributed by atoms with Crippen LogP contribution in [-0.2, 0) is 14.3 Å². The van der Waals surface area contributed by atoms with E-state index in [1.807, 2.05) is 19.9 Å². The molecule has 0 N–H and O–H groups in total. The summed E-state index contributed by atoms with van der Waals surface area (Å²) in [6, 6.07) is 15.5. The number of para-hydroxylation sites is 1. The number of esters is 1. The Kier molecular flexibility index (Phi) is 5.81. The smallest absolute Gasteiger partial charge is 0.359 e. The van der Waals surface area contributed by atoms with E-state index in [-0.39, 0.29) is 29.4 Å². The molecular formula is C23H23N3O5. The lowest BCUT2D eigenvalue weighted by Gasteiger charge is -2.35. The summed E-state index contributed by atoms with van der Waals surface area (Å²) in [6.45, 7) is 4.27. The van der Waals surface area contributed by atoms with Crippen molar-refractivity contribution in [2.24, 2.45) is 0 Å². The molecule has 0 saturated carbocycles. The van der Waals surface area contributed by atoms with E-state index in [2.05, 4.69) is 5.10 Å². The van der Waals surface area contributed by atoms with E-state index < -0.39 is 12.6 Å². The SMILES string of the molecule is C[C@H]1CN(C(=O)COC(=O)c2nn(-c3ccccc3)c(=O)c3ccccc23)C[C@H](C)O1. The number of ether oxygens (including phenoxy) is 2. The normalized spacial score (nSPS) is 18.7. The third-order valence-corrected chi connectivity index (χ3v) is 5.10. The fourth-order valence-corrected chi connectivity index (χ4v) is 3.75. The first-order valence-electron chi connectivity index (χ1n) is 10.1. The summed E-state index contributed by atoms with van der Waals surface area (Å²) in [5, 5.41) is 4.99. The Bertz CT molecular complexity index is 1160. The van der Waals surface area contributed by atoms with Gasteiger partial charge in [-0.3, -0.25) is 9.59 Å². The Morgan fingerprint density at radius 1 is 1.00 bits per heavy atom. The van der Waals surface area contributed by atoms with Gasteiger partial charge in [0, 0.05) is 18.5 Å². The molecule has 1 aliphatic rings. The second kappa shape index (κ2) is 8.69. The van der Waals surface area contributed by atoms with Crippen LogP contribution >= 0.6 is 0 Å². The molecule has 31 heavy (non-hydrogen) atoms. The van der Waals surface area contributed by atoms with E-state index in [0.29, 0.717) is 29.5 Å². The molecule has 2 aromatic carbocycles. The third-order valence-electron chi connectivity index (χ3n) is 5.10. The molecule has 8 heteroatoms. The van der Waals surface area contributed by atoms with Crippen molar-refractivity contribution >= 4 is 22.6 Å². The Balaban J connectivity index is 1.61. The van der Waals surface area contributed by atoms with Gasteiger partial charge in [-0.2, -0.15) is 9.78 Å². The highest BCUT2D eigenvalue weighted by Gasteiger charge is 2.27. The minimum absolute atomic E-state index is 0.0180. The van der Waals surface area contributed by atoms with Crippen molar-refractivity contribution in [2.45, 2.75) is 26.1 Å². The molecule has 1 amide bonds. The highest BCUT2D eigenvalue weighted by molar-refractivity contribution is 6.02. The summed E-state index contributed by atoms with van der Waals surface area (Å²) in [5.74, 6) is -1.06. The van der Waals surface area contributed by atoms with Gasteiger partial charge in [-0.05, 0) is 32.0 Å². The topological polar surface area (TPSA) is 90.7 Å². The molecule has 1 aromatic heterocycles. The summed E-state index contributed by atoms with van der Waals surface area (Å²) >= 11 is 0. The molecule has 160 valence electrons. The van der Waals surface area contributed by atoms with Crippen LogP contribution in [0.2, 0.25) is 0 Å². The molecule has 0 aliphatic carbocycles. The molecule has 0 bridgehead atoms. The molecule has 0 radical (unpaired) electrons. The maximum absolute atomic E-state index is 12.9. The number of fused-ring (bicyclic) bond motifs is 1. The lowest BCUT2D eigenvalue weighted by atomic mass is 10.1. The predicted molar refractivity (Wildman–Crippen MR) is 114 cm³/mol. The Morgan fingerprint density at radius 2 is 1.61 bits per heavy atom. The van der Waals surface area contributed by atoms with Gasteiger partial charge in [0.2, 0.25) is 0 Å². The van der Waals surface area contributed by atoms with E-state index >= 15 is 0 Å². The van der Waals surface area contributed by atoms with Gasteiger partial charge in [-0.1, -0.05) is 36.4 Å². The van der Waals surface area contributed by atoms with Gasteiger partial charge in [0.15, 0.2) is 12.3 Å². The Morgan fingerprint density at radius 3 is 2.29 bits per heavy atom. The Hall–Kier alpha value is -3.52. The van der Waals surface area contributed by atoms with Crippen LogP contribution in [0.25, 0.3) is 16.5 Å². The number of amides is 1. The lowest BCUT2D eigenvalue weighted by Crippen LogP contribution is -2.49. The van der Waals surface area contributed by atoms with Crippen molar-refractivity contribution in [1.82, 2.24) is 14.7 Å². The largest absolute Gasteiger partial charge is 0.451 e. The summed E-state index contributed by atoms with van der Waals surface area (Å²) in [4.78, 5) is 40.0. The van der Waals surface area contributed by atoms with Crippen LogP contribution in [0.3, 0.4) is 0 Å². The first-order valence-corrected chi connectivity index (χ1v) is 10.1. The van der Waals surface area contributed by atoms with Gasteiger partial charge < -0.3 is 14.4 Å². The van der Waals surface area contributed by atoms with E-state index in [1.54, 1.807) is 53.4 Å². The van der Waals surface area contributed by atoms with Crippen LogP contribution in [0.1, 0.15) is 24.3 Å². The van der Waals surface area contributed by atoms with Crippen LogP contribution in [0, 0.1) is 0 Å². The van der Waals surface area contributed by atoms with E-state index in [1.165, 1.54) is 4.68 Å². The summed E-state index contributed by atoms with van der Waals surface area (Å²) in [5.41, 5.74) is 0.168. The minimum atomic E-state index is -0.761. The third kappa shape index (κ3) is 4.34. The van der Waals surface area contributed by atoms with Crippen molar-refractivity contribution in [1.29, 1.82) is 0 Å². The summed E-state index contributed by atoms with van der Waals surface area (Å²) < 4.78 is 12.1. The number of carbonyl (C=O) groups is 2. The van der Waals surface area contributed by atoms with Crippen LogP contribution in [0.4, 0.5) is 0 Å². The number of hydrogen-bond acceptors (Lipinski definition) is 6. The van der Waals surface area contributed by atoms with Crippen molar-refractivity contribution < 1.29 is 19.1 Å². The Labute approximate surface area is 179 Å². The highest BCUT2D eigenvalue weighted by Crippen LogP contribution is 2.17. The van der Waals surface area contributed by atoms with E-state index in [4.69, 9.17) is 9.47 Å². The van der Waals surface area contributed by atoms with Gasteiger partial charge in [0.25, 0.3) is 11.5 Å². The number of benzene rings is 2. The zero-order valence-electron chi connectivity index (χ0n) is 17.4. The highest BCUT2D eigenvalue weighted by atomic mass is 16.5. The van der Waals surface area contributed by atoms with E-state index in [0.717, 1.165) is 0 Å². The quantitative estimate of drug-likeness (QED) is 0.600. The van der Waals surface area contributed by atoms with Gasteiger partial charge in [0.1, 0.15) is 0 Å². The molecule has 3 aromatic rings. The van der Waals surface area contributed by atoms with Gasteiger partial charge in [-0.15, -0.1) is 0 Å². The molecule has 1 saturated heterocycles. The van der Waals surface area contributed by atoms with Crippen molar-refractivity contribution in [2.75, 3.05) is 19.7 Å². The van der Waals surface area contributed by atoms with Crippen molar-refractivity contribution in [3.05, 3.63) is 70.6 Å². The molecule has 0 spiro atoms. The molecule has 4 rings (SSSR count). The zero-order chi connectivity index (χ0) is 22.0. The van der Waals surface area contributed by atoms with Gasteiger partial charge >= 0.3 is 5.97 Å². The summed E-state index contributed by atoms with van der Waals surface area (Å²) in [7, 11) is 0. The van der Waals surface area contributed by atoms with Gasteiger partial charge in [0.05, 0.1) is 23.3 Å². The molecule has 2 heterocycles. The molecular weight excluding hydrogens is 398 g/mol. The van der Waals surface area contributed by atoms with Crippen molar-refractivity contribution in [3.8, 4) is 5.69 Å². The van der Waals surface area contributed by atoms with Crippen LogP contribution < -0.4 is 5.56 Å². The first-order chi connectivity index (χ1) is 14.9. The maximum Gasteiger partial charge on any atom is 0.359 e. The van der Waals surface area contributed by atoms with Crippen LogP contribution in [0.5, 0.6) is 0 Å². The number of morpholine rings is 1. The second-order valence-corrected chi connectivity index (χ2v) is 7.58. The first kappa shape index (κ1) is 20.7. The summed E-state index contributed by atoms with van der Waals surface area (Å²) in [6.07, 6.45) is -0.160. The number of nitrogens with zero attached hydrogens (tertiary/aromatic N) is 3. The monoisotopic (exact) mass is 421 g/mol. The average Bonchev–Trinajstić information content (AvgIpc) is 2.77. The van der Waals surface area contributed by atoms with Crippen LogP contribution in [-0.4, -0.2) is 58.5 Å². The van der Waals surface area contributed by atoms with E-state index in [9.17, 15) is 14.4 Å². The molecule has 2 atom stereocenters. The minimum Gasteiger partial charge on any atom is -0.451 e. The van der Waals surface area contributed by atoms with Gasteiger partial charge in [-0.25, -0.2) is 4.79 Å². The number of hydrogen-bond donors (Lipinski definition) is 0. The number of carbonyl (C=O) groups excluding carboxylic acids is 2. The second-order valence-electron chi connectivity index (χ2n) is 7.58. The molecule has 8 nitrogen and oxygen atoms in total. The standard InChI is InChI=1S/C23H23N3O5/c1-15-12-25(13-16(2)31-15)20(27)14-30-23(29)21-18-10-6-7-11-19(18)22(28)26(24-21)17-8-4-3-5-9-17/h3-11,15-16H,12-14H2,1-2H3/t15-,16-/m0/s1. The van der Waals surface area contributed by atoms with Crippen LogP contribution in [0.15, 0.2) is 59.4 Å². The molecule has 1 fully saturated rings. The molecule has 0 unspecified atom stereocenters. The number of rotatable bonds is 4. The fourth-order valence-electron chi connectivity index (χ4n) is 3.75. The predicted octanol–water partition coefficient (Wildman–Crippen LogP) is 2.18. The zero-order valence-corrected chi connectivity index (χ0v) is 17.4. The fraction of sp³-hybridized carbons (Fsp3) is 0.304. The number of aromatic nitrogens is 2. The lowest BCUT2D eigenvalue weighted by molar-refractivity contribution is -0.146.